The van der Waals surface area contributed by atoms with Gasteiger partial charge in [0.2, 0.25) is 0 Å². The average molecular weight is 254 g/mol. The second-order valence-corrected chi connectivity index (χ2v) is 5.99. The Kier molecular flexibility index (Phi) is 5.35. The van der Waals surface area contributed by atoms with Gasteiger partial charge in [0.05, 0.1) is 16.4 Å². The molecule has 0 saturated heterocycles. The van der Waals surface area contributed by atoms with Crippen LogP contribution in [0.4, 0.5) is 0 Å². The molecule has 0 radical (unpaired) electrons. The van der Waals surface area contributed by atoms with E-state index in [2.05, 4.69) is 13.8 Å². The molecule has 1 unspecified atom stereocenters. The zero-order valence-electron chi connectivity index (χ0n) is 10.2. The number of carboxylic acid groups (broad SMARTS) is 1. The summed E-state index contributed by atoms with van der Waals surface area (Å²) in [5, 5.41) is 8.84. The lowest BCUT2D eigenvalue weighted by Gasteiger charge is -2.05. The second kappa shape index (κ2) is 6.55. The van der Waals surface area contributed by atoms with Gasteiger partial charge in [0.15, 0.2) is 0 Å². The Balaban J connectivity index is 2.63. The van der Waals surface area contributed by atoms with Gasteiger partial charge in [0.1, 0.15) is 0 Å². The Hall–Kier alpha value is -1.16. The number of carbonyl (C=O) groups is 1. The van der Waals surface area contributed by atoms with Gasteiger partial charge in [-0.3, -0.25) is 4.21 Å². The van der Waals surface area contributed by atoms with Crippen molar-refractivity contribution in [3.8, 4) is 0 Å². The molecule has 0 heterocycles. The lowest BCUT2D eigenvalue weighted by molar-refractivity contribution is 0.0696. The highest BCUT2D eigenvalue weighted by Gasteiger charge is 2.08. The minimum Gasteiger partial charge on any atom is -0.478 e. The number of benzene rings is 1. The van der Waals surface area contributed by atoms with Crippen molar-refractivity contribution in [2.24, 2.45) is 5.92 Å². The minimum atomic E-state index is -1.09. The SMILES string of the molecule is CC(C)CCCS(=O)c1cccc(C(=O)O)c1. The quantitative estimate of drug-likeness (QED) is 0.849. The third-order valence-electron chi connectivity index (χ3n) is 2.46. The van der Waals surface area contributed by atoms with E-state index in [1.165, 1.54) is 12.1 Å². The molecule has 3 nitrogen and oxygen atoms in total. The van der Waals surface area contributed by atoms with Crippen LogP contribution in [0.25, 0.3) is 0 Å². The van der Waals surface area contributed by atoms with E-state index in [4.69, 9.17) is 5.11 Å². The Morgan fingerprint density at radius 3 is 2.71 bits per heavy atom. The molecule has 0 aliphatic carbocycles. The summed E-state index contributed by atoms with van der Waals surface area (Å²) in [5.41, 5.74) is 0.194. The summed E-state index contributed by atoms with van der Waals surface area (Å²) >= 11 is 0. The predicted molar refractivity (Wildman–Crippen MR) is 68.7 cm³/mol. The number of hydrogen-bond donors (Lipinski definition) is 1. The standard InChI is InChI=1S/C13H18O3S/c1-10(2)5-4-8-17(16)12-7-3-6-11(9-12)13(14)15/h3,6-7,9-10H,4-5,8H2,1-2H3,(H,14,15). The first kappa shape index (κ1) is 13.9. The van der Waals surface area contributed by atoms with E-state index in [0.717, 1.165) is 12.8 Å². The van der Waals surface area contributed by atoms with E-state index in [1.54, 1.807) is 12.1 Å². The van der Waals surface area contributed by atoms with Crippen molar-refractivity contribution in [2.45, 2.75) is 31.6 Å². The normalized spacial score (nSPS) is 12.6. The van der Waals surface area contributed by atoms with Gasteiger partial charge in [0, 0.05) is 10.6 Å². The number of carboxylic acids is 1. The lowest BCUT2D eigenvalue weighted by atomic mass is 10.1. The van der Waals surface area contributed by atoms with Gasteiger partial charge in [-0.25, -0.2) is 4.79 Å². The Labute approximate surface area is 104 Å². The molecule has 1 atom stereocenters. The first-order valence-electron chi connectivity index (χ1n) is 5.72. The summed E-state index contributed by atoms with van der Waals surface area (Å²) in [4.78, 5) is 11.4. The lowest BCUT2D eigenvalue weighted by Crippen LogP contribution is -2.02. The van der Waals surface area contributed by atoms with E-state index in [9.17, 15) is 9.00 Å². The highest BCUT2D eigenvalue weighted by atomic mass is 32.2. The minimum absolute atomic E-state index is 0.194. The van der Waals surface area contributed by atoms with Crippen molar-refractivity contribution in [3.05, 3.63) is 29.8 Å². The maximum Gasteiger partial charge on any atom is 0.335 e. The van der Waals surface area contributed by atoms with Crippen molar-refractivity contribution in [2.75, 3.05) is 5.75 Å². The Morgan fingerprint density at radius 1 is 1.41 bits per heavy atom. The van der Waals surface area contributed by atoms with Crippen molar-refractivity contribution in [1.29, 1.82) is 0 Å². The third-order valence-corrected chi connectivity index (χ3v) is 3.89. The Bertz CT molecular complexity index is 413. The molecule has 0 spiro atoms. The molecule has 0 aromatic heterocycles. The maximum absolute atomic E-state index is 11.9. The van der Waals surface area contributed by atoms with Crippen LogP contribution >= 0.6 is 0 Å². The highest BCUT2D eigenvalue weighted by molar-refractivity contribution is 7.85. The number of hydrogen-bond acceptors (Lipinski definition) is 2. The maximum atomic E-state index is 11.9. The van der Waals surface area contributed by atoms with Crippen LogP contribution < -0.4 is 0 Å². The molecule has 0 aliphatic heterocycles. The van der Waals surface area contributed by atoms with E-state index in [1.807, 2.05) is 0 Å². The summed E-state index contributed by atoms with van der Waals surface area (Å²) in [6, 6.07) is 6.36. The van der Waals surface area contributed by atoms with Crippen molar-refractivity contribution in [1.82, 2.24) is 0 Å². The van der Waals surface area contributed by atoms with Crippen molar-refractivity contribution in [3.63, 3.8) is 0 Å². The zero-order valence-corrected chi connectivity index (χ0v) is 11.0. The van der Waals surface area contributed by atoms with Gasteiger partial charge in [-0.1, -0.05) is 26.3 Å². The summed E-state index contributed by atoms with van der Waals surface area (Å²) in [6.45, 7) is 4.27. The molecule has 0 bridgehead atoms. The zero-order chi connectivity index (χ0) is 12.8. The van der Waals surface area contributed by atoms with Crippen LogP contribution in [-0.2, 0) is 10.8 Å². The molecule has 0 saturated carbocycles. The van der Waals surface area contributed by atoms with Gasteiger partial charge in [-0.15, -0.1) is 0 Å². The summed E-state index contributed by atoms with van der Waals surface area (Å²) in [5.74, 6) is 0.227. The fourth-order valence-corrected chi connectivity index (χ4v) is 2.66. The Morgan fingerprint density at radius 2 is 2.12 bits per heavy atom. The summed E-state index contributed by atoms with van der Waals surface area (Å²) in [6.07, 6.45) is 1.95. The first-order valence-corrected chi connectivity index (χ1v) is 7.04. The van der Waals surface area contributed by atoms with Gasteiger partial charge in [0.25, 0.3) is 0 Å². The van der Waals surface area contributed by atoms with Crippen LogP contribution in [0.2, 0.25) is 0 Å². The fourth-order valence-electron chi connectivity index (χ4n) is 1.51. The summed E-state index contributed by atoms with van der Waals surface area (Å²) in [7, 11) is -1.09. The van der Waals surface area contributed by atoms with Gasteiger partial charge < -0.3 is 5.11 Å². The molecular weight excluding hydrogens is 236 g/mol. The number of rotatable bonds is 6. The fraction of sp³-hybridized carbons (Fsp3) is 0.462. The van der Waals surface area contributed by atoms with Crippen LogP contribution in [0.3, 0.4) is 0 Å². The van der Waals surface area contributed by atoms with Crippen LogP contribution in [-0.4, -0.2) is 21.0 Å². The molecule has 17 heavy (non-hydrogen) atoms. The molecule has 1 N–H and O–H groups in total. The van der Waals surface area contributed by atoms with Crippen molar-refractivity contribution < 1.29 is 14.1 Å². The van der Waals surface area contributed by atoms with E-state index >= 15 is 0 Å². The molecule has 0 fully saturated rings. The molecular formula is C13H18O3S. The van der Waals surface area contributed by atoms with Crippen molar-refractivity contribution >= 4 is 16.8 Å². The van der Waals surface area contributed by atoms with E-state index in [-0.39, 0.29) is 5.56 Å². The molecule has 1 rings (SSSR count). The average Bonchev–Trinajstić information content (AvgIpc) is 2.28. The molecule has 4 heteroatoms. The smallest absolute Gasteiger partial charge is 0.335 e. The topological polar surface area (TPSA) is 54.4 Å². The third kappa shape index (κ3) is 4.69. The largest absolute Gasteiger partial charge is 0.478 e. The van der Waals surface area contributed by atoms with E-state index < -0.39 is 16.8 Å². The second-order valence-electron chi connectivity index (χ2n) is 4.42. The van der Waals surface area contributed by atoms with E-state index in [0.29, 0.717) is 16.6 Å². The van der Waals surface area contributed by atoms with Gasteiger partial charge in [-0.05, 0) is 30.5 Å². The van der Waals surface area contributed by atoms with Gasteiger partial charge >= 0.3 is 5.97 Å². The van der Waals surface area contributed by atoms with Crippen LogP contribution in [0.15, 0.2) is 29.2 Å². The monoisotopic (exact) mass is 254 g/mol. The number of aromatic carboxylic acids is 1. The predicted octanol–water partition coefficient (Wildman–Crippen LogP) is 2.93. The van der Waals surface area contributed by atoms with Crippen LogP contribution in [0, 0.1) is 5.92 Å². The van der Waals surface area contributed by atoms with Gasteiger partial charge in [-0.2, -0.15) is 0 Å². The highest BCUT2D eigenvalue weighted by Crippen LogP contribution is 2.13. The molecule has 1 aromatic carbocycles. The van der Waals surface area contributed by atoms with Crippen LogP contribution in [0.5, 0.6) is 0 Å². The first-order chi connectivity index (χ1) is 8.00. The van der Waals surface area contributed by atoms with Crippen LogP contribution in [0.1, 0.15) is 37.0 Å². The molecule has 1 aromatic rings. The molecule has 94 valence electrons. The molecule has 0 aliphatic rings. The molecule has 0 amide bonds. The summed E-state index contributed by atoms with van der Waals surface area (Å²) < 4.78 is 11.9.